The minimum Gasteiger partial charge on any atom is -0.384 e. The van der Waals surface area contributed by atoms with Gasteiger partial charge in [-0.3, -0.25) is 4.90 Å². The van der Waals surface area contributed by atoms with Crippen molar-refractivity contribution in [3.05, 3.63) is 11.7 Å². The third-order valence-electron chi connectivity index (χ3n) is 4.17. The Morgan fingerprint density at radius 1 is 1.40 bits per heavy atom. The molecule has 0 saturated carbocycles. The van der Waals surface area contributed by atoms with Crippen LogP contribution in [0.25, 0.3) is 0 Å². The highest BCUT2D eigenvalue weighted by Gasteiger charge is 2.50. The van der Waals surface area contributed by atoms with Crippen molar-refractivity contribution in [2.45, 2.75) is 13.2 Å². The molecule has 20 heavy (non-hydrogen) atoms. The van der Waals surface area contributed by atoms with E-state index in [-0.39, 0.29) is 5.41 Å². The van der Waals surface area contributed by atoms with Crippen molar-refractivity contribution in [2.24, 2.45) is 11.3 Å². The summed E-state index contributed by atoms with van der Waals surface area (Å²) < 4.78 is 21.3. The van der Waals surface area contributed by atoms with Crippen molar-refractivity contribution in [1.29, 1.82) is 0 Å². The first-order chi connectivity index (χ1) is 9.75. The zero-order valence-electron chi connectivity index (χ0n) is 12.0. The summed E-state index contributed by atoms with van der Waals surface area (Å²) in [7, 11) is 3.37. The Morgan fingerprint density at radius 2 is 2.30 bits per heavy atom. The minimum absolute atomic E-state index is 0.129. The fraction of sp³-hybridized carbons (Fsp3) is 0.846. The second kappa shape index (κ2) is 5.77. The second-order valence-electron chi connectivity index (χ2n) is 5.71. The lowest BCUT2D eigenvalue weighted by Crippen LogP contribution is -2.35. The number of nitrogens with zero attached hydrogens (tertiary/aromatic N) is 3. The van der Waals surface area contributed by atoms with Crippen LogP contribution in [0.5, 0.6) is 0 Å². The van der Waals surface area contributed by atoms with Crippen LogP contribution in [0.2, 0.25) is 0 Å². The zero-order valence-corrected chi connectivity index (χ0v) is 12.0. The summed E-state index contributed by atoms with van der Waals surface area (Å²) in [6, 6.07) is 0. The lowest BCUT2D eigenvalue weighted by atomic mass is 9.82. The molecule has 0 amide bonds. The molecule has 3 rings (SSSR count). The van der Waals surface area contributed by atoms with Gasteiger partial charge >= 0.3 is 0 Å². The predicted molar refractivity (Wildman–Crippen MR) is 68.9 cm³/mol. The molecule has 2 saturated heterocycles. The molecule has 2 fully saturated rings. The number of rotatable bonds is 6. The van der Waals surface area contributed by atoms with Gasteiger partial charge in [0.15, 0.2) is 5.82 Å². The van der Waals surface area contributed by atoms with E-state index in [1.54, 1.807) is 14.2 Å². The first-order valence-corrected chi connectivity index (χ1v) is 6.85. The monoisotopic (exact) mass is 283 g/mol. The van der Waals surface area contributed by atoms with Gasteiger partial charge in [-0.15, -0.1) is 0 Å². The maximum Gasteiger partial charge on any atom is 0.240 e. The van der Waals surface area contributed by atoms with Gasteiger partial charge in [-0.25, -0.2) is 0 Å². The number of fused-ring (bicyclic) bond motifs is 1. The van der Waals surface area contributed by atoms with Gasteiger partial charge in [0.05, 0.1) is 26.4 Å². The second-order valence-corrected chi connectivity index (χ2v) is 5.71. The van der Waals surface area contributed by atoms with Crippen LogP contribution in [0.4, 0.5) is 0 Å². The van der Waals surface area contributed by atoms with Crippen LogP contribution in [0.15, 0.2) is 4.52 Å². The Morgan fingerprint density at radius 3 is 3.10 bits per heavy atom. The SMILES string of the molecule is COCc1noc(CN2C[C@H]3COC[C@@]3(COC)C2)n1. The van der Waals surface area contributed by atoms with Crippen molar-refractivity contribution in [1.82, 2.24) is 15.0 Å². The van der Waals surface area contributed by atoms with E-state index in [4.69, 9.17) is 18.7 Å². The van der Waals surface area contributed by atoms with Crippen molar-refractivity contribution in [3.8, 4) is 0 Å². The van der Waals surface area contributed by atoms with Crippen molar-refractivity contribution >= 4 is 0 Å². The van der Waals surface area contributed by atoms with E-state index in [0.717, 1.165) is 32.9 Å². The van der Waals surface area contributed by atoms with Gasteiger partial charge in [0.1, 0.15) is 6.61 Å². The first kappa shape index (κ1) is 13.9. The normalized spacial score (nSPS) is 30.0. The summed E-state index contributed by atoms with van der Waals surface area (Å²) in [5.41, 5.74) is 0.129. The maximum absolute atomic E-state index is 5.63. The summed E-state index contributed by atoms with van der Waals surface area (Å²) in [6.45, 7) is 5.34. The molecule has 0 spiro atoms. The number of ether oxygens (including phenoxy) is 3. The van der Waals surface area contributed by atoms with Crippen LogP contribution in [-0.4, -0.2) is 62.2 Å². The molecule has 1 aromatic heterocycles. The summed E-state index contributed by atoms with van der Waals surface area (Å²) in [5.74, 6) is 1.77. The molecule has 3 heterocycles. The maximum atomic E-state index is 5.63. The zero-order chi connectivity index (χ0) is 14.0. The number of methoxy groups -OCH3 is 2. The molecule has 2 aliphatic rings. The van der Waals surface area contributed by atoms with E-state index < -0.39 is 0 Å². The third-order valence-corrected chi connectivity index (χ3v) is 4.17. The van der Waals surface area contributed by atoms with E-state index >= 15 is 0 Å². The molecular weight excluding hydrogens is 262 g/mol. The van der Waals surface area contributed by atoms with Gasteiger partial charge in [-0.05, 0) is 0 Å². The van der Waals surface area contributed by atoms with E-state index in [1.807, 2.05) is 0 Å². The average molecular weight is 283 g/mol. The predicted octanol–water partition coefficient (Wildman–Crippen LogP) is 0.311. The molecular formula is C13H21N3O4. The quantitative estimate of drug-likeness (QED) is 0.744. The molecule has 0 unspecified atom stereocenters. The van der Waals surface area contributed by atoms with Crippen molar-refractivity contribution in [3.63, 3.8) is 0 Å². The van der Waals surface area contributed by atoms with E-state index in [0.29, 0.717) is 30.8 Å². The van der Waals surface area contributed by atoms with Gasteiger partial charge in [-0.2, -0.15) is 4.98 Å². The molecule has 0 N–H and O–H groups in total. The average Bonchev–Trinajstić information content (AvgIpc) is 3.05. The highest BCUT2D eigenvalue weighted by molar-refractivity contribution is 5.00. The lowest BCUT2D eigenvalue weighted by molar-refractivity contribution is 0.0522. The Balaban J connectivity index is 1.62. The molecule has 2 atom stereocenters. The topological polar surface area (TPSA) is 69.9 Å². The number of aromatic nitrogens is 2. The highest BCUT2D eigenvalue weighted by atomic mass is 16.5. The summed E-state index contributed by atoms with van der Waals surface area (Å²) >= 11 is 0. The Hall–Kier alpha value is -1.02. The Labute approximate surface area is 118 Å². The van der Waals surface area contributed by atoms with Gasteiger partial charge in [-0.1, -0.05) is 5.16 Å². The van der Waals surface area contributed by atoms with Gasteiger partial charge in [0, 0.05) is 38.6 Å². The largest absolute Gasteiger partial charge is 0.384 e. The molecule has 0 radical (unpaired) electrons. The van der Waals surface area contributed by atoms with E-state index in [9.17, 15) is 0 Å². The molecule has 1 aromatic rings. The Bertz CT molecular complexity index is 453. The number of hydrogen-bond acceptors (Lipinski definition) is 7. The van der Waals surface area contributed by atoms with E-state index in [2.05, 4.69) is 15.0 Å². The molecule has 0 aliphatic carbocycles. The number of hydrogen-bond donors (Lipinski definition) is 0. The van der Waals surface area contributed by atoms with Gasteiger partial charge in [0.25, 0.3) is 0 Å². The van der Waals surface area contributed by atoms with Crippen molar-refractivity contribution < 1.29 is 18.7 Å². The van der Waals surface area contributed by atoms with Crippen LogP contribution >= 0.6 is 0 Å². The molecule has 7 heteroatoms. The minimum atomic E-state index is 0.129. The van der Waals surface area contributed by atoms with Gasteiger partial charge < -0.3 is 18.7 Å². The third kappa shape index (κ3) is 2.58. The Kier molecular flexibility index (Phi) is 4.02. The summed E-state index contributed by atoms with van der Waals surface area (Å²) in [4.78, 5) is 6.66. The summed E-state index contributed by atoms with van der Waals surface area (Å²) in [5, 5.41) is 3.89. The smallest absolute Gasteiger partial charge is 0.240 e. The molecule has 7 nitrogen and oxygen atoms in total. The van der Waals surface area contributed by atoms with E-state index in [1.165, 1.54) is 0 Å². The fourth-order valence-corrected chi connectivity index (χ4v) is 3.29. The summed E-state index contributed by atoms with van der Waals surface area (Å²) in [6.07, 6.45) is 0. The molecule has 0 aromatic carbocycles. The number of likely N-dealkylation sites (tertiary alicyclic amines) is 1. The van der Waals surface area contributed by atoms with Gasteiger partial charge in [0.2, 0.25) is 5.89 Å². The highest BCUT2D eigenvalue weighted by Crippen LogP contribution is 2.41. The fourth-order valence-electron chi connectivity index (χ4n) is 3.29. The van der Waals surface area contributed by atoms with Crippen LogP contribution in [0, 0.1) is 11.3 Å². The molecule has 0 bridgehead atoms. The molecule has 2 aliphatic heterocycles. The van der Waals surface area contributed by atoms with Crippen LogP contribution < -0.4 is 0 Å². The van der Waals surface area contributed by atoms with Crippen molar-refractivity contribution in [2.75, 3.05) is 47.1 Å². The van der Waals surface area contributed by atoms with Crippen LogP contribution in [-0.2, 0) is 27.4 Å². The van der Waals surface area contributed by atoms with Crippen LogP contribution in [0.1, 0.15) is 11.7 Å². The van der Waals surface area contributed by atoms with Crippen LogP contribution in [0.3, 0.4) is 0 Å². The molecule has 112 valence electrons. The lowest BCUT2D eigenvalue weighted by Gasteiger charge is -2.25. The first-order valence-electron chi connectivity index (χ1n) is 6.85. The standard InChI is InChI=1S/C13H21N3O4/c1-17-6-11-14-12(20-15-11)4-16-3-10-5-19-9-13(10,7-16)8-18-2/h10H,3-9H2,1-2H3/t10-,13-/m0/s1.